The summed E-state index contributed by atoms with van der Waals surface area (Å²) in [5, 5.41) is 0. The van der Waals surface area contributed by atoms with E-state index < -0.39 is 0 Å². The van der Waals surface area contributed by atoms with Gasteiger partial charge in [-0.25, -0.2) is 0 Å². The summed E-state index contributed by atoms with van der Waals surface area (Å²) in [6.07, 6.45) is 4.20. The average molecular weight is 340 g/mol. The van der Waals surface area contributed by atoms with E-state index in [9.17, 15) is 4.79 Å². The summed E-state index contributed by atoms with van der Waals surface area (Å²) in [4.78, 5) is 14.6. The Hall–Kier alpha value is -2.23. The highest BCUT2D eigenvalue weighted by Gasteiger charge is 2.33. The molecular weight excluding hydrogens is 312 g/mol. The summed E-state index contributed by atoms with van der Waals surface area (Å²) in [6, 6.07) is 12.5. The first-order valence-electron chi connectivity index (χ1n) is 8.97. The first-order chi connectivity index (χ1) is 11.8. The highest BCUT2D eigenvalue weighted by atomic mass is 16.5. The Morgan fingerprint density at radius 2 is 1.88 bits per heavy atom. The van der Waals surface area contributed by atoms with Crippen LogP contribution in [0.3, 0.4) is 0 Å². The second-order valence-electron chi connectivity index (χ2n) is 7.93. The van der Waals surface area contributed by atoms with Gasteiger partial charge in [-0.2, -0.15) is 0 Å². The molecule has 0 unspecified atom stereocenters. The maximum atomic E-state index is 12.7. The van der Waals surface area contributed by atoms with Crippen molar-refractivity contribution in [3.63, 3.8) is 0 Å². The van der Waals surface area contributed by atoms with Gasteiger partial charge in [-0.15, -0.1) is 0 Å². The number of amides is 1. The normalized spacial score (nSPS) is 14.4. The minimum absolute atomic E-state index is 0.0589. The lowest BCUT2D eigenvalue weighted by molar-refractivity contribution is -0.134. The first-order valence-corrected chi connectivity index (χ1v) is 8.97. The largest absolute Gasteiger partial charge is 0.484 e. The van der Waals surface area contributed by atoms with Crippen LogP contribution in [0.5, 0.6) is 5.75 Å². The van der Waals surface area contributed by atoms with Gasteiger partial charge in [-0.05, 0) is 48.1 Å². The Kier molecular flexibility index (Phi) is 4.89. The summed E-state index contributed by atoms with van der Waals surface area (Å²) in [5.41, 5.74) is 2.52. The number of aryl methyl sites for hydroxylation is 1. The van der Waals surface area contributed by atoms with Crippen molar-refractivity contribution in [1.82, 2.24) is 9.47 Å². The molecule has 1 heterocycles. The predicted octanol–water partition coefficient (Wildman–Crippen LogP) is 3.89. The van der Waals surface area contributed by atoms with Gasteiger partial charge >= 0.3 is 0 Å². The Labute approximate surface area is 150 Å². The zero-order valence-electron chi connectivity index (χ0n) is 15.7. The van der Waals surface area contributed by atoms with Gasteiger partial charge in [0.15, 0.2) is 6.61 Å². The van der Waals surface area contributed by atoms with E-state index in [-0.39, 0.29) is 17.9 Å². The van der Waals surface area contributed by atoms with E-state index in [2.05, 4.69) is 43.5 Å². The fraction of sp³-hybridized carbons (Fsp3) is 0.476. The highest BCUT2D eigenvalue weighted by molar-refractivity contribution is 5.78. The van der Waals surface area contributed by atoms with E-state index >= 15 is 0 Å². The lowest BCUT2D eigenvalue weighted by Gasteiger charge is -2.23. The molecule has 0 spiro atoms. The summed E-state index contributed by atoms with van der Waals surface area (Å²) >= 11 is 0. The van der Waals surface area contributed by atoms with Crippen LogP contribution in [-0.4, -0.2) is 28.0 Å². The van der Waals surface area contributed by atoms with Crippen LogP contribution >= 0.6 is 0 Å². The monoisotopic (exact) mass is 340 g/mol. The van der Waals surface area contributed by atoms with Gasteiger partial charge < -0.3 is 14.2 Å². The smallest absolute Gasteiger partial charge is 0.261 e. The van der Waals surface area contributed by atoms with Crippen molar-refractivity contribution < 1.29 is 9.53 Å². The van der Waals surface area contributed by atoms with Gasteiger partial charge in [0.2, 0.25) is 0 Å². The number of rotatable bonds is 6. The summed E-state index contributed by atoms with van der Waals surface area (Å²) in [5.74, 6) is 0.805. The molecule has 1 aliphatic rings. The standard InChI is InChI=1S/C21H28N2O2/c1-21(2,3)16-7-11-19(12-8-16)25-15-20(24)23(17-9-10-17)14-18-6-5-13-22(18)4/h5-8,11-13,17H,9-10,14-15H2,1-4H3. The lowest BCUT2D eigenvalue weighted by atomic mass is 9.87. The van der Waals surface area contributed by atoms with E-state index in [1.165, 1.54) is 5.56 Å². The van der Waals surface area contributed by atoms with Crippen molar-refractivity contribution in [2.45, 2.75) is 51.6 Å². The summed E-state index contributed by atoms with van der Waals surface area (Å²) in [7, 11) is 2.01. The zero-order valence-corrected chi connectivity index (χ0v) is 15.7. The van der Waals surface area contributed by atoms with E-state index in [1.807, 2.05) is 36.3 Å². The van der Waals surface area contributed by atoms with Gasteiger partial charge in [-0.1, -0.05) is 32.9 Å². The molecule has 1 aromatic heterocycles. The van der Waals surface area contributed by atoms with Crippen molar-refractivity contribution in [3.05, 3.63) is 53.9 Å². The average Bonchev–Trinajstić information content (AvgIpc) is 3.33. The van der Waals surface area contributed by atoms with Crippen molar-refractivity contribution in [2.24, 2.45) is 7.05 Å². The molecule has 0 N–H and O–H groups in total. The second kappa shape index (κ2) is 6.95. The third kappa shape index (κ3) is 4.44. The minimum atomic E-state index is 0.0589. The number of aromatic nitrogens is 1. The molecule has 1 amide bonds. The maximum Gasteiger partial charge on any atom is 0.261 e. The van der Waals surface area contributed by atoms with Crippen LogP contribution in [0.15, 0.2) is 42.6 Å². The van der Waals surface area contributed by atoms with Gasteiger partial charge in [0.05, 0.1) is 6.54 Å². The fourth-order valence-electron chi connectivity index (χ4n) is 2.92. The third-order valence-electron chi connectivity index (χ3n) is 4.77. The van der Waals surface area contributed by atoms with Crippen LogP contribution in [0.25, 0.3) is 0 Å². The molecule has 1 aromatic carbocycles. The molecule has 134 valence electrons. The topological polar surface area (TPSA) is 34.5 Å². The Morgan fingerprint density at radius 3 is 2.40 bits per heavy atom. The summed E-state index contributed by atoms with van der Waals surface area (Å²) in [6.45, 7) is 7.30. The Morgan fingerprint density at radius 1 is 1.20 bits per heavy atom. The van der Waals surface area contributed by atoms with Crippen molar-refractivity contribution in [3.8, 4) is 5.75 Å². The molecule has 0 bridgehead atoms. The minimum Gasteiger partial charge on any atom is -0.484 e. The molecule has 4 heteroatoms. The van der Waals surface area contributed by atoms with Crippen LogP contribution in [0, 0.1) is 0 Å². The van der Waals surface area contributed by atoms with Crippen LogP contribution in [0.1, 0.15) is 44.9 Å². The Balaban J connectivity index is 1.59. The van der Waals surface area contributed by atoms with Crippen molar-refractivity contribution >= 4 is 5.91 Å². The quantitative estimate of drug-likeness (QED) is 0.799. The third-order valence-corrected chi connectivity index (χ3v) is 4.77. The van der Waals surface area contributed by atoms with Crippen molar-refractivity contribution in [1.29, 1.82) is 0 Å². The maximum absolute atomic E-state index is 12.7. The SMILES string of the molecule is Cn1cccc1CN(C(=O)COc1ccc(C(C)(C)C)cc1)C1CC1. The van der Waals surface area contributed by atoms with Gasteiger partial charge in [0, 0.05) is 25.0 Å². The molecule has 4 nitrogen and oxygen atoms in total. The van der Waals surface area contributed by atoms with Crippen LogP contribution in [0.2, 0.25) is 0 Å². The lowest BCUT2D eigenvalue weighted by Crippen LogP contribution is -2.36. The molecular formula is C21H28N2O2. The number of nitrogens with zero attached hydrogens (tertiary/aromatic N) is 2. The van der Waals surface area contributed by atoms with E-state index in [0.29, 0.717) is 12.6 Å². The van der Waals surface area contributed by atoms with Crippen LogP contribution < -0.4 is 4.74 Å². The number of carbonyl (C=O) groups excluding carboxylic acids is 1. The molecule has 1 saturated carbocycles. The van der Waals surface area contributed by atoms with E-state index in [1.54, 1.807) is 0 Å². The van der Waals surface area contributed by atoms with Gasteiger partial charge in [0.25, 0.3) is 5.91 Å². The van der Waals surface area contributed by atoms with Gasteiger partial charge in [-0.3, -0.25) is 4.79 Å². The Bertz CT molecular complexity index is 721. The zero-order chi connectivity index (χ0) is 18.0. The van der Waals surface area contributed by atoms with E-state index in [4.69, 9.17) is 4.74 Å². The van der Waals surface area contributed by atoms with Crippen molar-refractivity contribution in [2.75, 3.05) is 6.61 Å². The highest BCUT2D eigenvalue weighted by Crippen LogP contribution is 2.29. The molecule has 1 fully saturated rings. The second-order valence-corrected chi connectivity index (χ2v) is 7.93. The molecule has 1 aliphatic carbocycles. The molecule has 0 aliphatic heterocycles. The molecule has 2 aromatic rings. The first kappa shape index (κ1) is 17.6. The molecule has 25 heavy (non-hydrogen) atoms. The summed E-state index contributed by atoms with van der Waals surface area (Å²) < 4.78 is 7.81. The molecule has 3 rings (SSSR count). The molecule has 0 saturated heterocycles. The molecule has 0 atom stereocenters. The fourth-order valence-corrected chi connectivity index (χ4v) is 2.92. The van der Waals surface area contributed by atoms with Gasteiger partial charge in [0.1, 0.15) is 5.75 Å². The number of hydrogen-bond acceptors (Lipinski definition) is 2. The van der Waals surface area contributed by atoms with Crippen LogP contribution in [0.4, 0.5) is 0 Å². The number of carbonyl (C=O) groups is 1. The number of hydrogen-bond donors (Lipinski definition) is 0. The number of ether oxygens (including phenoxy) is 1. The predicted molar refractivity (Wildman–Crippen MR) is 99.6 cm³/mol. The molecule has 0 radical (unpaired) electrons. The van der Waals surface area contributed by atoms with E-state index in [0.717, 1.165) is 24.3 Å². The number of benzene rings is 1. The van der Waals surface area contributed by atoms with Crippen LogP contribution in [-0.2, 0) is 23.8 Å².